The van der Waals surface area contributed by atoms with E-state index in [4.69, 9.17) is 18.9 Å². The summed E-state index contributed by atoms with van der Waals surface area (Å²) in [7, 11) is 0. The standard InChI is InChI=1S/C35H43NO8/c1-3-5-7-9-11-12-24-41-29-19-21-31(22-20-29)43-34(37)27-14-17-30(18-15-27)44-35(38)28-16-23-33(32(26-28)36(39)40)42-25-13-10-8-6-4-2/h14-23,26H,3-13,24-25H2,1-2H3. The maximum atomic E-state index is 12.7. The van der Waals surface area contributed by atoms with E-state index >= 15 is 0 Å². The Hall–Kier alpha value is -4.40. The van der Waals surface area contributed by atoms with Crippen LogP contribution in [0.1, 0.15) is 105 Å². The average molecular weight is 606 g/mol. The van der Waals surface area contributed by atoms with Crippen LogP contribution < -0.4 is 18.9 Å². The van der Waals surface area contributed by atoms with Crippen molar-refractivity contribution in [2.24, 2.45) is 0 Å². The Morgan fingerprint density at radius 2 is 1.05 bits per heavy atom. The zero-order chi connectivity index (χ0) is 31.6. The molecule has 0 aromatic heterocycles. The second kappa shape index (κ2) is 19.0. The summed E-state index contributed by atoms with van der Waals surface area (Å²) >= 11 is 0. The van der Waals surface area contributed by atoms with Crippen molar-refractivity contribution in [3.05, 3.63) is 88.0 Å². The van der Waals surface area contributed by atoms with Crippen molar-refractivity contribution in [3.8, 4) is 23.0 Å². The fourth-order valence-corrected chi connectivity index (χ4v) is 4.46. The minimum atomic E-state index is -0.770. The van der Waals surface area contributed by atoms with E-state index in [1.807, 2.05) is 0 Å². The Morgan fingerprint density at radius 3 is 1.61 bits per heavy atom. The molecule has 236 valence electrons. The minimum absolute atomic E-state index is 0.00915. The summed E-state index contributed by atoms with van der Waals surface area (Å²) < 4.78 is 22.2. The van der Waals surface area contributed by atoms with E-state index in [1.54, 1.807) is 24.3 Å². The molecule has 44 heavy (non-hydrogen) atoms. The summed E-state index contributed by atoms with van der Waals surface area (Å²) in [5, 5.41) is 11.6. The van der Waals surface area contributed by atoms with Crippen LogP contribution in [0.25, 0.3) is 0 Å². The molecule has 0 radical (unpaired) electrons. The molecule has 0 saturated carbocycles. The van der Waals surface area contributed by atoms with Gasteiger partial charge in [0, 0.05) is 6.07 Å². The first-order valence-electron chi connectivity index (χ1n) is 15.6. The first-order chi connectivity index (χ1) is 21.4. The molecule has 0 aliphatic carbocycles. The number of carbonyl (C=O) groups excluding carboxylic acids is 2. The van der Waals surface area contributed by atoms with Crippen molar-refractivity contribution in [2.75, 3.05) is 13.2 Å². The summed E-state index contributed by atoms with van der Waals surface area (Å²) in [5.41, 5.74) is -0.0292. The van der Waals surface area contributed by atoms with Crippen molar-refractivity contribution < 1.29 is 33.5 Å². The number of nitrogens with zero attached hydrogens (tertiary/aromatic N) is 1. The van der Waals surface area contributed by atoms with Gasteiger partial charge in [0.2, 0.25) is 0 Å². The number of nitro groups is 1. The molecule has 0 saturated heterocycles. The first-order valence-corrected chi connectivity index (χ1v) is 15.6. The van der Waals surface area contributed by atoms with Crippen molar-refractivity contribution in [1.29, 1.82) is 0 Å². The van der Waals surface area contributed by atoms with Crippen molar-refractivity contribution >= 4 is 17.6 Å². The first kappa shape index (κ1) is 34.1. The summed E-state index contributed by atoms with van der Waals surface area (Å²) in [5.74, 6) is 0.0417. The monoisotopic (exact) mass is 605 g/mol. The van der Waals surface area contributed by atoms with Crippen LogP contribution in [0, 0.1) is 10.1 Å². The highest BCUT2D eigenvalue weighted by atomic mass is 16.6. The number of rotatable bonds is 20. The maximum absolute atomic E-state index is 12.7. The molecule has 0 N–H and O–H groups in total. The molecule has 0 amide bonds. The van der Waals surface area contributed by atoms with Crippen LogP contribution in [0.2, 0.25) is 0 Å². The number of benzene rings is 3. The van der Waals surface area contributed by atoms with E-state index in [-0.39, 0.29) is 28.3 Å². The molecule has 0 fully saturated rings. The molecule has 0 aliphatic rings. The Kier molecular flexibility index (Phi) is 14.7. The Labute approximate surface area is 259 Å². The maximum Gasteiger partial charge on any atom is 0.343 e. The van der Waals surface area contributed by atoms with Gasteiger partial charge in [0.05, 0.1) is 29.3 Å². The van der Waals surface area contributed by atoms with E-state index in [1.165, 1.54) is 62.1 Å². The Morgan fingerprint density at radius 1 is 0.591 bits per heavy atom. The molecule has 9 heteroatoms. The molecule has 0 aliphatic heterocycles. The quantitative estimate of drug-likeness (QED) is 0.0412. The van der Waals surface area contributed by atoms with E-state index < -0.39 is 16.9 Å². The van der Waals surface area contributed by atoms with Gasteiger partial charge >= 0.3 is 17.6 Å². The van der Waals surface area contributed by atoms with Crippen molar-refractivity contribution in [1.82, 2.24) is 0 Å². The second-order valence-corrected chi connectivity index (χ2v) is 10.6. The predicted octanol–water partition coefficient (Wildman–Crippen LogP) is 9.12. The van der Waals surface area contributed by atoms with Crippen LogP contribution in [-0.4, -0.2) is 30.1 Å². The van der Waals surface area contributed by atoms with Gasteiger partial charge in [-0.3, -0.25) is 10.1 Å². The molecule has 0 bridgehead atoms. The molecule has 0 spiro atoms. The van der Waals surface area contributed by atoms with Crippen molar-refractivity contribution in [3.63, 3.8) is 0 Å². The highest BCUT2D eigenvalue weighted by molar-refractivity contribution is 5.93. The fraction of sp³-hybridized carbons (Fsp3) is 0.429. The number of nitro benzene ring substituents is 1. The fourth-order valence-electron chi connectivity index (χ4n) is 4.46. The van der Waals surface area contributed by atoms with Crippen LogP contribution in [0.15, 0.2) is 66.7 Å². The lowest BCUT2D eigenvalue weighted by atomic mass is 10.1. The molecule has 3 rings (SSSR count). The normalized spacial score (nSPS) is 10.7. The highest BCUT2D eigenvalue weighted by Crippen LogP contribution is 2.29. The van der Waals surface area contributed by atoms with E-state index in [2.05, 4.69) is 13.8 Å². The summed E-state index contributed by atoms with van der Waals surface area (Å²) in [4.78, 5) is 36.3. The van der Waals surface area contributed by atoms with Gasteiger partial charge in [0.15, 0.2) is 5.75 Å². The van der Waals surface area contributed by atoms with Gasteiger partial charge in [-0.2, -0.15) is 0 Å². The van der Waals surface area contributed by atoms with Gasteiger partial charge in [-0.25, -0.2) is 9.59 Å². The lowest BCUT2D eigenvalue weighted by Gasteiger charge is -2.09. The number of esters is 2. The third kappa shape index (κ3) is 11.7. The van der Waals surface area contributed by atoms with Crippen LogP contribution in [0.3, 0.4) is 0 Å². The molecule has 0 heterocycles. The zero-order valence-corrected chi connectivity index (χ0v) is 25.8. The van der Waals surface area contributed by atoms with Crippen molar-refractivity contribution in [2.45, 2.75) is 84.5 Å². The largest absolute Gasteiger partial charge is 0.494 e. The topological polar surface area (TPSA) is 114 Å². The van der Waals surface area contributed by atoms with Crippen LogP contribution >= 0.6 is 0 Å². The van der Waals surface area contributed by atoms with Gasteiger partial charge < -0.3 is 18.9 Å². The van der Waals surface area contributed by atoms with Crippen LogP contribution in [-0.2, 0) is 0 Å². The van der Waals surface area contributed by atoms with Gasteiger partial charge in [-0.05, 0) is 73.5 Å². The van der Waals surface area contributed by atoms with Gasteiger partial charge in [-0.1, -0.05) is 71.6 Å². The number of hydrogen-bond acceptors (Lipinski definition) is 8. The van der Waals surface area contributed by atoms with Gasteiger partial charge in [0.1, 0.15) is 17.2 Å². The van der Waals surface area contributed by atoms with E-state index in [0.29, 0.717) is 19.0 Å². The molecule has 0 atom stereocenters. The smallest absolute Gasteiger partial charge is 0.343 e. The minimum Gasteiger partial charge on any atom is -0.494 e. The zero-order valence-electron chi connectivity index (χ0n) is 25.8. The Bertz CT molecular complexity index is 1320. The summed E-state index contributed by atoms with van der Waals surface area (Å²) in [6.45, 7) is 5.35. The van der Waals surface area contributed by atoms with Crippen LogP contribution in [0.5, 0.6) is 23.0 Å². The molecule has 0 unspecified atom stereocenters. The number of ether oxygens (including phenoxy) is 4. The number of unbranched alkanes of at least 4 members (excludes halogenated alkanes) is 9. The Balaban J connectivity index is 1.48. The van der Waals surface area contributed by atoms with E-state index in [0.717, 1.165) is 56.8 Å². The molecule has 9 nitrogen and oxygen atoms in total. The third-order valence-corrected chi connectivity index (χ3v) is 7.00. The molecular weight excluding hydrogens is 562 g/mol. The highest BCUT2D eigenvalue weighted by Gasteiger charge is 2.20. The number of carbonyl (C=O) groups is 2. The second-order valence-electron chi connectivity index (χ2n) is 10.6. The van der Waals surface area contributed by atoms with Gasteiger partial charge in [-0.15, -0.1) is 0 Å². The molecular formula is C35H43NO8. The lowest BCUT2D eigenvalue weighted by molar-refractivity contribution is -0.385. The molecule has 3 aromatic rings. The van der Waals surface area contributed by atoms with Gasteiger partial charge in [0.25, 0.3) is 0 Å². The van der Waals surface area contributed by atoms with Crippen LogP contribution in [0.4, 0.5) is 5.69 Å². The van der Waals surface area contributed by atoms with E-state index in [9.17, 15) is 19.7 Å². The lowest BCUT2D eigenvalue weighted by Crippen LogP contribution is -2.11. The summed E-state index contributed by atoms with van der Waals surface area (Å²) in [6, 6.07) is 16.7. The SMILES string of the molecule is CCCCCCCCOc1ccc(OC(=O)c2ccc(OC(=O)c3ccc(OCCCCCCC)c([N+](=O)[O-])c3)cc2)cc1. The number of hydrogen-bond donors (Lipinski definition) is 0. The summed E-state index contributed by atoms with van der Waals surface area (Å²) in [6.07, 6.45) is 12.3. The third-order valence-electron chi connectivity index (χ3n) is 7.00. The average Bonchev–Trinajstić information content (AvgIpc) is 3.03. The predicted molar refractivity (Wildman–Crippen MR) is 169 cm³/mol. The molecule has 3 aromatic carbocycles.